The predicted octanol–water partition coefficient (Wildman–Crippen LogP) is 4.03. The molecule has 1 saturated carbocycles. The zero-order valence-corrected chi connectivity index (χ0v) is 14.0. The van der Waals surface area contributed by atoms with Crippen molar-refractivity contribution in [3.05, 3.63) is 34.3 Å². The molecule has 1 unspecified atom stereocenters. The first-order valence-electron chi connectivity index (χ1n) is 7.81. The second-order valence-corrected chi connectivity index (χ2v) is 6.70. The third-order valence-electron chi connectivity index (χ3n) is 3.73. The van der Waals surface area contributed by atoms with Gasteiger partial charge in [-0.3, -0.25) is 0 Å². The van der Waals surface area contributed by atoms with Crippen LogP contribution < -0.4 is 5.32 Å². The van der Waals surface area contributed by atoms with E-state index in [1.807, 2.05) is 0 Å². The van der Waals surface area contributed by atoms with Gasteiger partial charge in [-0.1, -0.05) is 41.1 Å². The maximum atomic E-state index is 5.91. The first-order chi connectivity index (χ1) is 9.79. The van der Waals surface area contributed by atoms with E-state index in [0.29, 0.717) is 5.92 Å². The highest BCUT2D eigenvalue weighted by Crippen LogP contribution is 2.29. The van der Waals surface area contributed by atoms with Crippen molar-refractivity contribution in [2.75, 3.05) is 26.3 Å². The molecule has 0 saturated heterocycles. The summed E-state index contributed by atoms with van der Waals surface area (Å²) in [6.45, 7) is 6.17. The largest absolute Gasteiger partial charge is 0.381 e. The summed E-state index contributed by atoms with van der Waals surface area (Å²) in [4.78, 5) is 0. The van der Waals surface area contributed by atoms with Gasteiger partial charge in [0.1, 0.15) is 0 Å². The summed E-state index contributed by atoms with van der Waals surface area (Å²) in [7, 11) is 0. The molecule has 1 N–H and O–H groups in total. The summed E-state index contributed by atoms with van der Waals surface area (Å²) in [5.41, 5.74) is 1.38. The lowest BCUT2D eigenvalue weighted by molar-refractivity contribution is 0.0907. The Morgan fingerprint density at radius 3 is 2.85 bits per heavy atom. The molecule has 1 atom stereocenters. The van der Waals surface area contributed by atoms with E-state index in [9.17, 15) is 0 Å². The second-order valence-electron chi connectivity index (χ2n) is 5.85. The van der Waals surface area contributed by atoms with E-state index >= 15 is 0 Å². The average Bonchev–Trinajstić information content (AvgIpc) is 3.25. The van der Waals surface area contributed by atoms with Crippen LogP contribution in [-0.4, -0.2) is 26.3 Å². The summed E-state index contributed by atoms with van der Waals surface area (Å²) in [6.07, 6.45) is 4.99. The smallest absolute Gasteiger partial charge is 0.0509 e. The molecule has 1 aliphatic rings. The molecule has 0 radical (unpaired) electrons. The fourth-order valence-corrected chi connectivity index (χ4v) is 2.78. The minimum absolute atomic E-state index is 0.555. The van der Waals surface area contributed by atoms with Crippen LogP contribution in [0.15, 0.2) is 28.7 Å². The fraction of sp³-hybridized carbons (Fsp3) is 0.647. The van der Waals surface area contributed by atoms with Crippen LogP contribution in [0.25, 0.3) is 0 Å². The average molecular weight is 340 g/mol. The first-order valence-corrected chi connectivity index (χ1v) is 8.60. The molecule has 2 rings (SSSR count). The molecule has 20 heavy (non-hydrogen) atoms. The first kappa shape index (κ1) is 16.0. The van der Waals surface area contributed by atoms with E-state index in [0.717, 1.165) is 38.6 Å². The van der Waals surface area contributed by atoms with E-state index in [2.05, 4.69) is 52.4 Å². The highest BCUT2D eigenvalue weighted by Gasteiger charge is 2.22. The maximum absolute atomic E-state index is 5.91. The van der Waals surface area contributed by atoms with Crippen LogP contribution >= 0.6 is 15.9 Å². The lowest BCUT2D eigenvalue weighted by Gasteiger charge is -2.18. The van der Waals surface area contributed by atoms with E-state index in [1.165, 1.54) is 29.3 Å². The molecule has 112 valence electrons. The number of rotatable bonds is 10. The Morgan fingerprint density at radius 2 is 2.15 bits per heavy atom. The van der Waals surface area contributed by atoms with Gasteiger partial charge in [0.25, 0.3) is 0 Å². The normalized spacial score (nSPS) is 16.3. The Hall–Kier alpha value is -0.380. The van der Waals surface area contributed by atoms with E-state index < -0.39 is 0 Å². The molecule has 1 aromatic carbocycles. The third-order valence-corrected chi connectivity index (χ3v) is 4.50. The monoisotopic (exact) mass is 339 g/mol. The summed E-state index contributed by atoms with van der Waals surface area (Å²) >= 11 is 3.65. The second kappa shape index (κ2) is 8.81. The quantitative estimate of drug-likeness (QED) is 0.649. The summed E-state index contributed by atoms with van der Waals surface area (Å²) < 4.78 is 7.12. The van der Waals surface area contributed by atoms with Crippen molar-refractivity contribution >= 4 is 15.9 Å². The van der Waals surface area contributed by atoms with E-state index in [1.54, 1.807) is 0 Å². The Morgan fingerprint density at radius 1 is 1.35 bits per heavy atom. The summed E-state index contributed by atoms with van der Waals surface area (Å²) in [5, 5.41) is 3.53. The topological polar surface area (TPSA) is 21.3 Å². The van der Waals surface area contributed by atoms with Crippen LogP contribution in [-0.2, 0) is 11.2 Å². The molecule has 0 aromatic heterocycles. The van der Waals surface area contributed by atoms with Crippen LogP contribution in [0.5, 0.6) is 0 Å². The Labute approximate surface area is 131 Å². The molecule has 1 aromatic rings. The van der Waals surface area contributed by atoms with Crippen LogP contribution in [0, 0.1) is 11.8 Å². The summed E-state index contributed by atoms with van der Waals surface area (Å²) in [5.74, 6) is 1.40. The Bertz CT molecular complexity index is 392. The van der Waals surface area contributed by atoms with Crippen molar-refractivity contribution in [1.82, 2.24) is 5.32 Å². The molecular weight excluding hydrogens is 314 g/mol. The van der Waals surface area contributed by atoms with Crippen LogP contribution in [0.4, 0.5) is 0 Å². The fourth-order valence-electron chi connectivity index (χ4n) is 2.33. The summed E-state index contributed by atoms with van der Waals surface area (Å²) in [6, 6.07) is 8.51. The van der Waals surface area contributed by atoms with Crippen molar-refractivity contribution in [3.63, 3.8) is 0 Å². The van der Waals surface area contributed by atoms with Gasteiger partial charge in [0.2, 0.25) is 0 Å². The maximum Gasteiger partial charge on any atom is 0.0509 e. The molecule has 0 aliphatic heterocycles. The predicted molar refractivity (Wildman–Crippen MR) is 88.0 cm³/mol. The Balaban J connectivity index is 1.81. The SMILES string of the molecule is CCCNCC(COCC1CC1)Cc1ccccc1Br. The lowest BCUT2D eigenvalue weighted by Crippen LogP contribution is -2.28. The van der Waals surface area contributed by atoms with Gasteiger partial charge in [0.05, 0.1) is 6.61 Å². The molecule has 3 heteroatoms. The zero-order chi connectivity index (χ0) is 14.2. The molecule has 0 spiro atoms. The van der Waals surface area contributed by atoms with E-state index in [4.69, 9.17) is 4.74 Å². The number of ether oxygens (including phenoxy) is 1. The van der Waals surface area contributed by atoms with Crippen LogP contribution in [0.3, 0.4) is 0 Å². The van der Waals surface area contributed by atoms with Crippen molar-refractivity contribution in [2.45, 2.75) is 32.6 Å². The van der Waals surface area contributed by atoms with Gasteiger partial charge in [-0.25, -0.2) is 0 Å². The number of benzene rings is 1. The van der Waals surface area contributed by atoms with Crippen LogP contribution in [0.1, 0.15) is 31.7 Å². The van der Waals surface area contributed by atoms with Crippen LogP contribution in [0.2, 0.25) is 0 Å². The molecule has 1 aliphatic carbocycles. The minimum Gasteiger partial charge on any atom is -0.381 e. The molecule has 0 heterocycles. The highest BCUT2D eigenvalue weighted by atomic mass is 79.9. The minimum atomic E-state index is 0.555. The lowest BCUT2D eigenvalue weighted by atomic mass is 10.00. The Kier molecular flexibility index (Phi) is 7.05. The number of hydrogen-bond acceptors (Lipinski definition) is 2. The van der Waals surface area contributed by atoms with Gasteiger partial charge in [-0.15, -0.1) is 0 Å². The van der Waals surface area contributed by atoms with Crippen molar-refractivity contribution < 1.29 is 4.74 Å². The number of halogens is 1. The zero-order valence-electron chi connectivity index (χ0n) is 12.4. The van der Waals surface area contributed by atoms with E-state index in [-0.39, 0.29) is 0 Å². The third kappa shape index (κ3) is 5.94. The van der Waals surface area contributed by atoms with Gasteiger partial charge in [0.15, 0.2) is 0 Å². The standard InChI is InChI=1S/C17H26BrNO/c1-2-9-19-11-15(13-20-12-14-7-8-14)10-16-5-3-4-6-17(16)18/h3-6,14-15,19H,2,7-13H2,1H3. The van der Waals surface area contributed by atoms with Gasteiger partial charge >= 0.3 is 0 Å². The highest BCUT2D eigenvalue weighted by molar-refractivity contribution is 9.10. The molecular formula is C17H26BrNO. The molecule has 2 nitrogen and oxygen atoms in total. The number of nitrogens with one attached hydrogen (secondary N) is 1. The molecule has 1 fully saturated rings. The van der Waals surface area contributed by atoms with Gasteiger partial charge in [-0.2, -0.15) is 0 Å². The van der Waals surface area contributed by atoms with Crippen molar-refractivity contribution in [2.24, 2.45) is 11.8 Å². The van der Waals surface area contributed by atoms with Gasteiger partial charge in [0, 0.05) is 17.6 Å². The van der Waals surface area contributed by atoms with Gasteiger partial charge < -0.3 is 10.1 Å². The molecule has 0 bridgehead atoms. The number of hydrogen-bond donors (Lipinski definition) is 1. The molecule has 0 amide bonds. The van der Waals surface area contributed by atoms with Gasteiger partial charge in [-0.05, 0) is 55.7 Å². The van der Waals surface area contributed by atoms with Crippen molar-refractivity contribution in [1.29, 1.82) is 0 Å². The van der Waals surface area contributed by atoms with Crippen molar-refractivity contribution in [3.8, 4) is 0 Å².